The fraction of sp³-hybridized carbons (Fsp3) is 0.0714. The van der Waals surface area contributed by atoms with Crippen molar-refractivity contribution in [3.05, 3.63) is 54.9 Å². The quantitative estimate of drug-likeness (QED) is 0.734. The number of aromatic nitrogens is 3. The zero-order valence-corrected chi connectivity index (χ0v) is 9.89. The zero-order chi connectivity index (χ0) is 12.5. The van der Waals surface area contributed by atoms with Gasteiger partial charge < -0.3 is 9.55 Å². The van der Waals surface area contributed by atoms with Crippen LogP contribution in [0.5, 0.6) is 0 Å². The largest absolute Gasteiger partial charge is 0.367 e. The van der Waals surface area contributed by atoms with Crippen molar-refractivity contribution >= 4 is 0 Å². The molecule has 4 heteroatoms. The number of hydrogen-bond acceptors (Lipinski definition) is 1. The van der Waals surface area contributed by atoms with Gasteiger partial charge in [-0.3, -0.25) is 0 Å². The van der Waals surface area contributed by atoms with Crippen LogP contribution in [0, 0.1) is 5.82 Å². The fourth-order valence-corrected chi connectivity index (χ4v) is 2.06. The minimum Gasteiger partial charge on any atom is -0.367 e. The molecule has 0 radical (unpaired) electrons. The maximum absolute atomic E-state index is 13.0. The van der Waals surface area contributed by atoms with Crippen molar-refractivity contribution in [2.45, 2.75) is 0 Å². The highest BCUT2D eigenvalue weighted by molar-refractivity contribution is 5.78. The topological polar surface area (TPSA) is 33.6 Å². The Balaban J connectivity index is 2.16. The number of nitrogens with zero attached hydrogens (tertiary/aromatic N) is 2. The molecular weight excluding hydrogens is 229 g/mol. The summed E-state index contributed by atoms with van der Waals surface area (Å²) >= 11 is 0. The number of rotatable bonds is 2. The molecule has 0 aliphatic heterocycles. The lowest BCUT2D eigenvalue weighted by molar-refractivity contribution is 0.628. The van der Waals surface area contributed by atoms with Crippen LogP contribution in [0.15, 0.2) is 49.1 Å². The van der Waals surface area contributed by atoms with Crippen LogP contribution in [0.25, 0.3) is 22.5 Å². The molecule has 0 aliphatic rings. The summed E-state index contributed by atoms with van der Waals surface area (Å²) in [5.74, 6) is -0.238. The second kappa shape index (κ2) is 4.14. The van der Waals surface area contributed by atoms with Crippen LogP contribution in [-0.4, -0.2) is 14.5 Å². The summed E-state index contributed by atoms with van der Waals surface area (Å²) < 4.78 is 14.9. The first kappa shape index (κ1) is 10.8. The molecule has 3 rings (SSSR count). The number of nitrogens with one attached hydrogen (secondary N) is 1. The van der Waals surface area contributed by atoms with E-state index in [9.17, 15) is 4.39 Å². The first-order chi connectivity index (χ1) is 8.75. The molecule has 0 atom stereocenters. The number of aryl methyl sites for hydroxylation is 1. The molecule has 3 aromatic rings. The zero-order valence-electron chi connectivity index (χ0n) is 9.89. The Bertz CT molecular complexity index is 651. The van der Waals surface area contributed by atoms with Crippen molar-refractivity contribution in [1.82, 2.24) is 14.5 Å². The average molecular weight is 241 g/mol. The van der Waals surface area contributed by atoms with Gasteiger partial charge in [-0.1, -0.05) is 0 Å². The van der Waals surface area contributed by atoms with Gasteiger partial charge in [-0.2, -0.15) is 0 Å². The van der Waals surface area contributed by atoms with E-state index in [2.05, 4.69) is 9.97 Å². The summed E-state index contributed by atoms with van der Waals surface area (Å²) in [6.45, 7) is 0. The smallest absolute Gasteiger partial charge is 0.123 e. The van der Waals surface area contributed by atoms with Gasteiger partial charge in [-0.15, -0.1) is 0 Å². The van der Waals surface area contributed by atoms with Gasteiger partial charge in [0.15, 0.2) is 0 Å². The predicted molar refractivity (Wildman–Crippen MR) is 68.4 cm³/mol. The fourth-order valence-electron chi connectivity index (χ4n) is 2.06. The maximum atomic E-state index is 13.0. The molecule has 0 spiro atoms. The van der Waals surface area contributed by atoms with Crippen molar-refractivity contribution in [3.63, 3.8) is 0 Å². The van der Waals surface area contributed by atoms with E-state index in [1.165, 1.54) is 12.1 Å². The monoisotopic (exact) mass is 241 g/mol. The van der Waals surface area contributed by atoms with Gasteiger partial charge in [0, 0.05) is 30.6 Å². The molecule has 0 saturated heterocycles. The van der Waals surface area contributed by atoms with Gasteiger partial charge in [0.2, 0.25) is 0 Å². The molecule has 3 nitrogen and oxygen atoms in total. The average Bonchev–Trinajstić information content (AvgIpc) is 2.99. The molecule has 90 valence electrons. The molecule has 0 unspecified atom stereocenters. The highest BCUT2D eigenvalue weighted by Gasteiger charge is 2.13. The van der Waals surface area contributed by atoms with Crippen LogP contribution in [0.4, 0.5) is 4.39 Å². The van der Waals surface area contributed by atoms with Crippen LogP contribution >= 0.6 is 0 Å². The lowest BCUT2D eigenvalue weighted by atomic mass is 10.1. The second-order valence-corrected chi connectivity index (χ2v) is 4.16. The normalized spacial score (nSPS) is 10.8. The number of hydrogen-bond donors (Lipinski definition) is 1. The summed E-state index contributed by atoms with van der Waals surface area (Å²) in [5.41, 5.74) is 3.85. The highest BCUT2D eigenvalue weighted by atomic mass is 19.1. The van der Waals surface area contributed by atoms with E-state index < -0.39 is 0 Å². The highest BCUT2D eigenvalue weighted by Crippen LogP contribution is 2.30. The Hall–Kier alpha value is -2.36. The second-order valence-electron chi connectivity index (χ2n) is 4.16. The summed E-state index contributed by atoms with van der Waals surface area (Å²) in [5, 5.41) is 0. The third-order valence-corrected chi connectivity index (χ3v) is 2.93. The molecule has 2 heterocycles. The number of imidazole rings is 1. The molecule has 1 N–H and O–H groups in total. The van der Waals surface area contributed by atoms with Gasteiger partial charge >= 0.3 is 0 Å². The molecule has 0 saturated carbocycles. The Labute approximate surface area is 104 Å². The van der Waals surface area contributed by atoms with Crippen LogP contribution < -0.4 is 0 Å². The van der Waals surface area contributed by atoms with E-state index in [1.807, 2.05) is 30.1 Å². The minimum absolute atomic E-state index is 0.238. The molecule has 2 aromatic heterocycles. The van der Waals surface area contributed by atoms with E-state index >= 15 is 0 Å². The summed E-state index contributed by atoms with van der Waals surface area (Å²) in [6.07, 6.45) is 5.56. The van der Waals surface area contributed by atoms with Crippen molar-refractivity contribution in [2.24, 2.45) is 7.05 Å². The first-order valence-electron chi connectivity index (χ1n) is 5.66. The van der Waals surface area contributed by atoms with E-state index in [4.69, 9.17) is 0 Å². The molecule has 1 aromatic carbocycles. The summed E-state index contributed by atoms with van der Waals surface area (Å²) in [4.78, 5) is 7.43. The van der Waals surface area contributed by atoms with E-state index in [-0.39, 0.29) is 5.82 Å². The van der Waals surface area contributed by atoms with Crippen molar-refractivity contribution in [3.8, 4) is 22.5 Å². The van der Waals surface area contributed by atoms with Gasteiger partial charge in [0.25, 0.3) is 0 Å². The summed E-state index contributed by atoms with van der Waals surface area (Å²) in [6, 6.07) is 8.38. The number of aromatic amines is 1. The van der Waals surface area contributed by atoms with Crippen molar-refractivity contribution < 1.29 is 4.39 Å². The molecule has 18 heavy (non-hydrogen) atoms. The first-order valence-corrected chi connectivity index (χ1v) is 5.66. The van der Waals surface area contributed by atoms with Gasteiger partial charge in [0.1, 0.15) is 5.82 Å². The van der Waals surface area contributed by atoms with Crippen molar-refractivity contribution in [2.75, 3.05) is 0 Å². The Morgan fingerprint density at radius 3 is 2.56 bits per heavy atom. The molecule has 0 fully saturated rings. The number of H-pyrrole nitrogens is 1. The lowest BCUT2D eigenvalue weighted by Gasteiger charge is -2.04. The third-order valence-electron chi connectivity index (χ3n) is 2.93. The van der Waals surface area contributed by atoms with Gasteiger partial charge in [-0.05, 0) is 30.3 Å². The Morgan fingerprint density at radius 1 is 1.11 bits per heavy atom. The molecule has 0 bridgehead atoms. The third kappa shape index (κ3) is 1.72. The van der Waals surface area contributed by atoms with Crippen LogP contribution in [0.3, 0.4) is 0 Å². The van der Waals surface area contributed by atoms with Gasteiger partial charge in [0.05, 0.1) is 17.7 Å². The van der Waals surface area contributed by atoms with Crippen LogP contribution in [0.2, 0.25) is 0 Å². The Kier molecular flexibility index (Phi) is 2.48. The Morgan fingerprint density at radius 2 is 1.89 bits per heavy atom. The standard InChI is InChI=1S/C14H12FN3/c1-18-9-17-13(10-2-4-12(15)5-3-10)14(18)11-6-7-16-8-11/h2-9,16H,1H3. The van der Waals surface area contributed by atoms with Crippen molar-refractivity contribution in [1.29, 1.82) is 0 Å². The van der Waals surface area contributed by atoms with Crippen LogP contribution in [0.1, 0.15) is 0 Å². The maximum Gasteiger partial charge on any atom is 0.123 e. The van der Waals surface area contributed by atoms with E-state index in [0.717, 1.165) is 22.5 Å². The predicted octanol–water partition coefficient (Wildman–Crippen LogP) is 3.22. The lowest BCUT2D eigenvalue weighted by Crippen LogP contribution is -1.90. The number of halogens is 1. The van der Waals surface area contributed by atoms with E-state index in [0.29, 0.717) is 0 Å². The van der Waals surface area contributed by atoms with Gasteiger partial charge in [-0.25, -0.2) is 9.37 Å². The van der Waals surface area contributed by atoms with Crippen LogP contribution in [-0.2, 0) is 7.05 Å². The summed E-state index contributed by atoms with van der Waals surface area (Å²) in [7, 11) is 1.95. The number of benzene rings is 1. The van der Waals surface area contributed by atoms with E-state index in [1.54, 1.807) is 18.5 Å². The molecule has 0 aliphatic carbocycles. The molecular formula is C14H12FN3. The SMILES string of the molecule is Cn1cnc(-c2ccc(F)cc2)c1-c1cc[nH]c1. The minimum atomic E-state index is -0.238. The molecule has 0 amide bonds.